The van der Waals surface area contributed by atoms with Crippen molar-refractivity contribution in [2.75, 3.05) is 7.05 Å². The van der Waals surface area contributed by atoms with Gasteiger partial charge in [-0.1, -0.05) is 6.07 Å². The van der Waals surface area contributed by atoms with E-state index in [1.54, 1.807) is 0 Å². The Morgan fingerprint density at radius 3 is 2.53 bits per heavy atom. The van der Waals surface area contributed by atoms with E-state index in [0.29, 0.717) is 11.9 Å². The molecule has 0 spiro atoms. The Morgan fingerprint density at radius 2 is 2.00 bits per heavy atom. The van der Waals surface area contributed by atoms with Crippen molar-refractivity contribution < 1.29 is 9.47 Å². The molecule has 3 atom stereocenters. The van der Waals surface area contributed by atoms with Gasteiger partial charge in [-0.05, 0) is 33.4 Å². The largest absolute Gasteiger partial charge is 0.474 e. The van der Waals surface area contributed by atoms with Gasteiger partial charge < -0.3 is 14.8 Å². The van der Waals surface area contributed by atoms with Crippen LogP contribution in [0.4, 0.5) is 0 Å². The van der Waals surface area contributed by atoms with Crippen molar-refractivity contribution in [3.63, 3.8) is 0 Å². The summed E-state index contributed by atoms with van der Waals surface area (Å²) < 4.78 is 11.7. The minimum Gasteiger partial charge on any atom is -0.474 e. The molecule has 1 aliphatic heterocycles. The van der Waals surface area contributed by atoms with Crippen LogP contribution in [0.5, 0.6) is 5.88 Å². The normalized spacial score (nSPS) is 28.9. The lowest BCUT2D eigenvalue weighted by Gasteiger charge is -2.31. The van der Waals surface area contributed by atoms with Crippen molar-refractivity contribution in [3.05, 3.63) is 23.9 Å². The zero-order chi connectivity index (χ0) is 13.8. The first kappa shape index (κ1) is 14.3. The molecule has 106 valence electrons. The van der Waals surface area contributed by atoms with Gasteiger partial charge in [0.05, 0.1) is 12.2 Å². The standard InChI is InChI=1S/C15H24N2O2/c1-10-7-14(8-11(2)18-10)19-15-6-5-13(9-17-15)12(3)16-4/h5-6,9-12,14,16H,7-8H2,1-4H3. The summed E-state index contributed by atoms with van der Waals surface area (Å²) >= 11 is 0. The van der Waals surface area contributed by atoms with Crippen LogP contribution in [-0.4, -0.2) is 30.3 Å². The van der Waals surface area contributed by atoms with Gasteiger partial charge in [0.1, 0.15) is 6.10 Å². The highest BCUT2D eigenvalue weighted by Gasteiger charge is 2.26. The Hall–Kier alpha value is -1.13. The molecule has 0 aromatic carbocycles. The second kappa shape index (κ2) is 6.35. The van der Waals surface area contributed by atoms with Gasteiger partial charge in [0, 0.05) is 31.1 Å². The van der Waals surface area contributed by atoms with Crippen LogP contribution in [-0.2, 0) is 4.74 Å². The SMILES string of the molecule is CNC(C)c1ccc(OC2CC(C)OC(C)C2)nc1. The Balaban J connectivity index is 1.95. The third-order valence-electron chi connectivity index (χ3n) is 3.63. The smallest absolute Gasteiger partial charge is 0.213 e. The molecule has 2 heterocycles. The summed E-state index contributed by atoms with van der Waals surface area (Å²) in [7, 11) is 1.94. The monoisotopic (exact) mass is 264 g/mol. The van der Waals surface area contributed by atoms with Crippen molar-refractivity contribution in [3.8, 4) is 5.88 Å². The van der Waals surface area contributed by atoms with Gasteiger partial charge >= 0.3 is 0 Å². The molecule has 1 aromatic heterocycles. The molecule has 4 nitrogen and oxygen atoms in total. The Labute approximate surface area is 115 Å². The van der Waals surface area contributed by atoms with Crippen LogP contribution in [0.15, 0.2) is 18.3 Å². The Morgan fingerprint density at radius 1 is 1.32 bits per heavy atom. The third kappa shape index (κ3) is 3.91. The van der Waals surface area contributed by atoms with Crippen molar-refractivity contribution in [1.82, 2.24) is 10.3 Å². The minimum absolute atomic E-state index is 0.207. The van der Waals surface area contributed by atoms with Crippen LogP contribution in [0.3, 0.4) is 0 Å². The van der Waals surface area contributed by atoms with E-state index in [2.05, 4.69) is 37.1 Å². The van der Waals surface area contributed by atoms with Crippen molar-refractivity contribution >= 4 is 0 Å². The van der Waals surface area contributed by atoms with Gasteiger partial charge in [-0.15, -0.1) is 0 Å². The first-order valence-corrected chi connectivity index (χ1v) is 7.03. The Kier molecular flexibility index (Phi) is 4.77. The zero-order valence-electron chi connectivity index (χ0n) is 12.2. The molecular formula is C15H24N2O2. The summed E-state index contributed by atoms with van der Waals surface area (Å²) in [4.78, 5) is 4.39. The van der Waals surface area contributed by atoms with Crippen LogP contribution in [0.25, 0.3) is 0 Å². The van der Waals surface area contributed by atoms with E-state index in [-0.39, 0.29) is 18.3 Å². The van der Waals surface area contributed by atoms with Crippen LogP contribution >= 0.6 is 0 Å². The van der Waals surface area contributed by atoms with Gasteiger partial charge in [-0.2, -0.15) is 0 Å². The average molecular weight is 264 g/mol. The molecule has 3 unspecified atom stereocenters. The molecule has 1 N–H and O–H groups in total. The summed E-state index contributed by atoms with van der Waals surface area (Å²) in [5, 5.41) is 3.20. The lowest BCUT2D eigenvalue weighted by molar-refractivity contribution is -0.0729. The van der Waals surface area contributed by atoms with Gasteiger partial charge in [-0.3, -0.25) is 0 Å². The van der Waals surface area contributed by atoms with Crippen LogP contribution < -0.4 is 10.1 Å². The van der Waals surface area contributed by atoms with E-state index in [1.807, 2.05) is 19.3 Å². The van der Waals surface area contributed by atoms with Crippen LogP contribution in [0, 0.1) is 0 Å². The molecule has 1 fully saturated rings. The van der Waals surface area contributed by atoms with Gasteiger partial charge in [-0.25, -0.2) is 4.98 Å². The second-order valence-electron chi connectivity index (χ2n) is 5.41. The van der Waals surface area contributed by atoms with Crippen molar-refractivity contribution in [2.45, 2.75) is 58.0 Å². The van der Waals surface area contributed by atoms with Crippen LogP contribution in [0.1, 0.15) is 45.2 Å². The molecule has 1 aromatic rings. The number of hydrogen-bond donors (Lipinski definition) is 1. The molecule has 0 bridgehead atoms. The molecule has 0 radical (unpaired) electrons. The maximum Gasteiger partial charge on any atom is 0.213 e. The molecule has 0 amide bonds. The number of ether oxygens (including phenoxy) is 2. The fraction of sp³-hybridized carbons (Fsp3) is 0.667. The van der Waals surface area contributed by atoms with Crippen molar-refractivity contribution in [2.24, 2.45) is 0 Å². The summed E-state index contributed by atoms with van der Waals surface area (Å²) in [6.45, 7) is 6.30. The van der Waals surface area contributed by atoms with E-state index >= 15 is 0 Å². The molecule has 0 aliphatic carbocycles. The van der Waals surface area contributed by atoms with E-state index in [9.17, 15) is 0 Å². The molecule has 1 saturated heterocycles. The fourth-order valence-corrected chi connectivity index (χ4v) is 2.50. The molecule has 19 heavy (non-hydrogen) atoms. The lowest BCUT2D eigenvalue weighted by atomic mass is 10.0. The maximum atomic E-state index is 5.95. The number of nitrogens with zero attached hydrogens (tertiary/aromatic N) is 1. The maximum absolute atomic E-state index is 5.95. The van der Waals surface area contributed by atoms with Crippen LogP contribution in [0.2, 0.25) is 0 Å². The van der Waals surface area contributed by atoms with Gasteiger partial charge in [0.25, 0.3) is 0 Å². The van der Waals surface area contributed by atoms with E-state index in [1.165, 1.54) is 5.56 Å². The number of nitrogens with one attached hydrogen (secondary N) is 1. The summed E-state index contributed by atoms with van der Waals surface area (Å²) in [6.07, 6.45) is 4.47. The first-order chi connectivity index (χ1) is 9.08. The van der Waals surface area contributed by atoms with Gasteiger partial charge in [0.2, 0.25) is 5.88 Å². The summed E-state index contributed by atoms with van der Waals surface area (Å²) in [6, 6.07) is 4.33. The van der Waals surface area contributed by atoms with E-state index in [0.717, 1.165) is 12.8 Å². The summed E-state index contributed by atoms with van der Waals surface area (Å²) in [5.74, 6) is 0.707. The molecule has 1 aliphatic rings. The number of hydrogen-bond acceptors (Lipinski definition) is 4. The lowest BCUT2D eigenvalue weighted by Crippen LogP contribution is -2.35. The minimum atomic E-state index is 0.207. The number of rotatable bonds is 4. The van der Waals surface area contributed by atoms with Gasteiger partial charge in [0.15, 0.2) is 0 Å². The second-order valence-corrected chi connectivity index (χ2v) is 5.41. The highest BCUT2D eigenvalue weighted by Crippen LogP contribution is 2.23. The summed E-state index contributed by atoms with van der Waals surface area (Å²) in [5.41, 5.74) is 1.17. The van der Waals surface area contributed by atoms with Crippen molar-refractivity contribution in [1.29, 1.82) is 0 Å². The first-order valence-electron chi connectivity index (χ1n) is 7.03. The molecule has 0 saturated carbocycles. The highest BCUT2D eigenvalue weighted by molar-refractivity contribution is 5.20. The predicted molar refractivity (Wildman–Crippen MR) is 75.4 cm³/mol. The number of aromatic nitrogens is 1. The topological polar surface area (TPSA) is 43.4 Å². The predicted octanol–water partition coefficient (Wildman–Crippen LogP) is 2.70. The average Bonchev–Trinajstić information content (AvgIpc) is 2.37. The number of pyridine rings is 1. The third-order valence-corrected chi connectivity index (χ3v) is 3.63. The highest BCUT2D eigenvalue weighted by atomic mass is 16.5. The fourth-order valence-electron chi connectivity index (χ4n) is 2.50. The molecule has 2 rings (SSSR count). The zero-order valence-corrected chi connectivity index (χ0v) is 12.2. The van der Waals surface area contributed by atoms with E-state index < -0.39 is 0 Å². The quantitative estimate of drug-likeness (QED) is 0.908. The van der Waals surface area contributed by atoms with E-state index in [4.69, 9.17) is 9.47 Å². The molecule has 4 heteroatoms. The molecular weight excluding hydrogens is 240 g/mol. The Bertz CT molecular complexity index is 384.